The lowest BCUT2D eigenvalue weighted by atomic mass is 10.1. The molecule has 0 amide bonds. The van der Waals surface area contributed by atoms with Crippen molar-refractivity contribution in [1.82, 2.24) is 0 Å². The van der Waals surface area contributed by atoms with E-state index >= 15 is 0 Å². The fraction of sp³-hybridized carbons (Fsp3) is 0.571. The van der Waals surface area contributed by atoms with Crippen LogP contribution in [0.1, 0.15) is 45.3 Å². The first kappa shape index (κ1) is 14.0. The zero-order chi connectivity index (χ0) is 12.8. The second-order valence-electron chi connectivity index (χ2n) is 4.74. The topological polar surface area (TPSA) is 29.5 Å². The summed E-state index contributed by atoms with van der Waals surface area (Å²) in [7, 11) is 0. The SMILES string of the molecule is CC(C)CCCOc1cc(F)ccc1[C@H](C)O. The number of hydrogen-bond acceptors (Lipinski definition) is 2. The first-order valence-electron chi connectivity index (χ1n) is 6.11. The summed E-state index contributed by atoms with van der Waals surface area (Å²) in [5.74, 6) is 0.749. The predicted octanol–water partition coefficient (Wildman–Crippen LogP) is 3.69. The Hall–Kier alpha value is -1.09. The molecule has 1 rings (SSSR count). The molecule has 1 N–H and O–H groups in total. The molecule has 0 spiro atoms. The van der Waals surface area contributed by atoms with Gasteiger partial charge in [0.15, 0.2) is 0 Å². The number of benzene rings is 1. The van der Waals surface area contributed by atoms with Crippen LogP contribution in [0.5, 0.6) is 5.75 Å². The lowest BCUT2D eigenvalue weighted by molar-refractivity contribution is 0.190. The van der Waals surface area contributed by atoms with E-state index in [0.717, 1.165) is 12.8 Å². The van der Waals surface area contributed by atoms with Gasteiger partial charge in [0.25, 0.3) is 0 Å². The Kier molecular flexibility index (Phi) is 5.42. The normalized spacial score (nSPS) is 12.8. The second-order valence-corrected chi connectivity index (χ2v) is 4.74. The van der Waals surface area contributed by atoms with E-state index in [1.54, 1.807) is 13.0 Å². The Balaban J connectivity index is 2.59. The van der Waals surface area contributed by atoms with E-state index in [9.17, 15) is 9.50 Å². The number of halogens is 1. The van der Waals surface area contributed by atoms with Gasteiger partial charge in [-0.2, -0.15) is 0 Å². The average Bonchev–Trinajstić information content (AvgIpc) is 2.23. The van der Waals surface area contributed by atoms with Gasteiger partial charge in [0.05, 0.1) is 12.7 Å². The summed E-state index contributed by atoms with van der Waals surface area (Å²) in [5, 5.41) is 9.54. The van der Waals surface area contributed by atoms with Crippen LogP contribution < -0.4 is 4.74 Å². The van der Waals surface area contributed by atoms with Crippen molar-refractivity contribution in [2.45, 2.75) is 39.7 Å². The number of aliphatic hydroxyl groups is 1. The van der Waals surface area contributed by atoms with E-state index in [4.69, 9.17) is 4.74 Å². The summed E-state index contributed by atoms with van der Waals surface area (Å²) in [6.07, 6.45) is 1.38. The summed E-state index contributed by atoms with van der Waals surface area (Å²) < 4.78 is 18.6. The summed E-state index contributed by atoms with van der Waals surface area (Å²) in [6, 6.07) is 4.23. The maximum atomic E-state index is 13.1. The highest BCUT2D eigenvalue weighted by Gasteiger charge is 2.10. The zero-order valence-corrected chi connectivity index (χ0v) is 10.7. The average molecular weight is 240 g/mol. The van der Waals surface area contributed by atoms with Crippen molar-refractivity contribution < 1.29 is 14.2 Å². The zero-order valence-electron chi connectivity index (χ0n) is 10.7. The molecule has 1 aromatic carbocycles. The van der Waals surface area contributed by atoms with Gasteiger partial charge in [0.1, 0.15) is 11.6 Å². The third-order valence-electron chi connectivity index (χ3n) is 2.61. The molecular weight excluding hydrogens is 219 g/mol. The molecule has 0 aromatic heterocycles. The molecule has 2 nitrogen and oxygen atoms in total. The van der Waals surface area contributed by atoms with Crippen LogP contribution in [-0.4, -0.2) is 11.7 Å². The second kappa shape index (κ2) is 6.60. The molecule has 0 aliphatic rings. The first-order chi connectivity index (χ1) is 8.00. The standard InChI is InChI=1S/C14H21FO2/c1-10(2)5-4-8-17-14-9-12(15)6-7-13(14)11(3)16/h6-7,9-11,16H,4-5,8H2,1-3H3/t11-/m0/s1. The molecule has 0 radical (unpaired) electrons. The van der Waals surface area contributed by atoms with Crippen LogP contribution in [0.15, 0.2) is 18.2 Å². The highest BCUT2D eigenvalue weighted by Crippen LogP contribution is 2.26. The van der Waals surface area contributed by atoms with Crippen molar-refractivity contribution in [3.05, 3.63) is 29.6 Å². The van der Waals surface area contributed by atoms with Crippen LogP contribution in [0.3, 0.4) is 0 Å². The quantitative estimate of drug-likeness (QED) is 0.768. The summed E-state index contributed by atoms with van der Waals surface area (Å²) in [4.78, 5) is 0. The smallest absolute Gasteiger partial charge is 0.127 e. The third kappa shape index (κ3) is 4.73. The van der Waals surface area contributed by atoms with Gasteiger partial charge in [-0.3, -0.25) is 0 Å². The predicted molar refractivity (Wildman–Crippen MR) is 66.6 cm³/mol. The maximum Gasteiger partial charge on any atom is 0.127 e. The van der Waals surface area contributed by atoms with Crippen molar-refractivity contribution >= 4 is 0 Å². The number of rotatable bonds is 6. The molecule has 17 heavy (non-hydrogen) atoms. The van der Waals surface area contributed by atoms with E-state index in [-0.39, 0.29) is 5.82 Å². The van der Waals surface area contributed by atoms with Crippen LogP contribution in [0.4, 0.5) is 4.39 Å². The van der Waals surface area contributed by atoms with Crippen LogP contribution in [0, 0.1) is 11.7 Å². The Morgan fingerprint density at radius 2 is 2.00 bits per heavy atom. The van der Waals surface area contributed by atoms with E-state index in [1.807, 2.05) is 0 Å². The molecule has 3 heteroatoms. The fourth-order valence-electron chi connectivity index (χ4n) is 1.65. The minimum Gasteiger partial charge on any atom is -0.493 e. The number of hydrogen-bond donors (Lipinski definition) is 1. The Morgan fingerprint density at radius 3 is 2.59 bits per heavy atom. The van der Waals surface area contributed by atoms with Gasteiger partial charge in [-0.05, 0) is 37.8 Å². The van der Waals surface area contributed by atoms with Crippen molar-refractivity contribution in [3.63, 3.8) is 0 Å². The van der Waals surface area contributed by atoms with Gasteiger partial charge >= 0.3 is 0 Å². The molecular formula is C14H21FO2. The largest absolute Gasteiger partial charge is 0.493 e. The van der Waals surface area contributed by atoms with E-state index in [0.29, 0.717) is 23.8 Å². The van der Waals surface area contributed by atoms with E-state index in [1.165, 1.54) is 12.1 Å². The lowest BCUT2D eigenvalue weighted by Gasteiger charge is -2.14. The monoisotopic (exact) mass is 240 g/mol. The van der Waals surface area contributed by atoms with Gasteiger partial charge in [-0.15, -0.1) is 0 Å². The van der Waals surface area contributed by atoms with Gasteiger partial charge in [0, 0.05) is 11.6 Å². The van der Waals surface area contributed by atoms with Crippen LogP contribution in [-0.2, 0) is 0 Å². The molecule has 0 saturated heterocycles. The summed E-state index contributed by atoms with van der Waals surface area (Å²) in [6.45, 7) is 6.52. The molecule has 1 aromatic rings. The Bertz CT molecular complexity index is 348. The lowest BCUT2D eigenvalue weighted by Crippen LogP contribution is -2.04. The van der Waals surface area contributed by atoms with Gasteiger partial charge in [-0.1, -0.05) is 13.8 Å². The molecule has 0 unspecified atom stereocenters. The molecule has 0 aliphatic heterocycles. The van der Waals surface area contributed by atoms with Gasteiger partial charge in [-0.25, -0.2) is 4.39 Å². The summed E-state index contributed by atoms with van der Waals surface area (Å²) >= 11 is 0. The molecule has 0 fully saturated rings. The first-order valence-corrected chi connectivity index (χ1v) is 6.11. The van der Waals surface area contributed by atoms with Gasteiger partial charge < -0.3 is 9.84 Å². The fourth-order valence-corrected chi connectivity index (χ4v) is 1.65. The Labute approximate surface area is 102 Å². The van der Waals surface area contributed by atoms with Crippen LogP contribution >= 0.6 is 0 Å². The van der Waals surface area contributed by atoms with Crippen molar-refractivity contribution in [1.29, 1.82) is 0 Å². The van der Waals surface area contributed by atoms with Crippen LogP contribution in [0.25, 0.3) is 0 Å². The van der Waals surface area contributed by atoms with Crippen molar-refractivity contribution in [2.24, 2.45) is 5.92 Å². The number of ether oxygens (including phenoxy) is 1. The maximum absolute atomic E-state index is 13.1. The highest BCUT2D eigenvalue weighted by atomic mass is 19.1. The van der Waals surface area contributed by atoms with Gasteiger partial charge in [0.2, 0.25) is 0 Å². The molecule has 0 bridgehead atoms. The minimum absolute atomic E-state index is 0.340. The van der Waals surface area contributed by atoms with Crippen LogP contribution in [0.2, 0.25) is 0 Å². The number of aliphatic hydroxyl groups excluding tert-OH is 1. The third-order valence-corrected chi connectivity index (χ3v) is 2.61. The minimum atomic E-state index is -0.643. The van der Waals surface area contributed by atoms with Crippen molar-refractivity contribution in [2.75, 3.05) is 6.61 Å². The Morgan fingerprint density at radius 1 is 1.29 bits per heavy atom. The molecule has 0 aliphatic carbocycles. The van der Waals surface area contributed by atoms with Crippen molar-refractivity contribution in [3.8, 4) is 5.75 Å². The van der Waals surface area contributed by atoms with E-state index < -0.39 is 6.10 Å². The highest BCUT2D eigenvalue weighted by molar-refractivity contribution is 5.35. The molecule has 0 saturated carbocycles. The molecule has 1 atom stereocenters. The molecule has 0 heterocycles. The van der Waals surface area contributed by atoms with E-state index in [2.05, 4.69) is 13.8 Å². The molecule has 96 valence electrons. The summed E-state index contributed by atoms with van der Waals surface area (Å²) in [5.41, 5.74) is 0.635.